The van der Waals surface area contributed by atoms with Crippen molar-refractivity contribution in [2.24, 2.45) is 12.5 Å². The Labute approximate surface area is 280 Å². The van der Waals surface area contributed by atoms with E-state index in [1.165, 1.54) is 41.0 Å². The third kappa shape index (κ3) is 5.11. The van der Waals surface area contributed by atoms with Gasteiger partial charge in [0.05, 0.1) is 34.6 Å². The highest BCUT2D eigenvalue weighted by molar-refractivity contribution is 6.45. The maximum atomic E-state index is 17.0. The first-order valence-corrected chi connectivity index (χ1v) is 15.9. The molecule has 0 bridgehead atoms. The van der Waals surface area contributed by atoms with Crippen LogP contribution < -0.4 is 0 Å². The summed E-state index contributed by atoms with van der Waals surface area (Å²) < 4.78 is 25.8. The Kier molecular flexibility index (Phi) is 7.85. The summed E-state index contributed by atoms with van der Waals surface area (Å²) in [6.07, 6.45) is 5.97. The normalized spacial score (nSPS) is 20.4. The van der Waals surface area contributed by atoms with Crippen LogP contribution in [0.5, 0.6) is 0 Å². The molecule has 46 heavy (non-hydrogen) atoms. The van der Waals surface area contributed by atoms with Crippen molar-refractivity contribution < 1.29 is 24.1 Å². The quantitative estimate of drug-likeness (QED) is 0.261. The lowest BCUT2D eigenvalue weighted by Crippen LogP contribution is -2.62. The van der Waals surface area contributed by atoms with Crippen molar-refractivity contribution in [2.45, 2.75) is 48.4 Å². The van der Waals surface area contributed by atoms with Gasteiger partial charge in [0.15, 0.2) is 5.72 Å². The van der Waals surface area contributed by atoms with E-state index in [0.29, 0.717) is 39.7 Å². The molecule has 1 unspecified atom stereocenters. The van der Waals surface area contributed by atoms with Gasteiger partial charge < -0.3 is 14.9 Å². The number of halogens is 3. The highest BCUT2D eigenvalue weighted by Gasteiger charge is 2.66. The molecule has 3 heterocycles. The first kappa shape index (κ1) is 32.8. The lowest BCUT2D eigenvalue weighted by Gasteiger charge is -2.51. The average Bonchev–Trinajstić information content (AvgIpc) is 3.67. The number of carbonyl (C=O) groups is 1. The van der Waals surface area contributed by atoms with E-state index in [-0.39, 0.29) is 23.2 Å². The topological polar surface area (TPSA) is 101 Å². The molecule has 1 fully saturated rings. The molecule has 15 heteroatoms. The molecule has 2 aromatic carbocycles. The van der Waals surface area contributed by atoms with Crippen molar-refractivity contribution in [3.63, 3.8) is 0 Å². The minimum absolute atomic E-state index is 0.000793. The van der Waals surface area contributed by atoms with Crippen molar-refractivity contribution in [3.05, 3.63) is 116 Å². The largest absolute Gasteiger partial charge is 0.407 e. The summed E-state index contributed by atoms with van der Waals surface area (Å²) >= 11 is 12.5. The molecule has 8 nitrogen and oxygen atoms in total. The van der Waals surface area contributed by atoms with E-state index in [1.807, 2.05) is 15.7 Å². The molecule has 1 amide bonds. The number of rotatable bonds is 9. The van der Waals surface area contributed by atoms with Gasteiger partial charge in [-0.25, -0.2) is 4.39 Å². The number of aryl methyl sites for hydroxylation is 1. The smallest absolute Gasteiger partial charge is 0.257 e. The molecular formula is C31H33B4Cl2FN4O4. The highest BCUT2D eigenvalue weighted by atomic mass is 35.5. The van der Waals surface area contributed by atoms with Crippen molar-refractivity contribution in [1.29, 1.82) is 0 Å². The summed E-state index contributed by atoms with van der Waals surface area (Å²) in [6, 6.07) is 12.9. The van der Waals surface area contributed by atoms with Crippen molar-refractivity contribution >= 4 is 60.5 Å². The van der Waals surface area contributed by atoms with Crippen LogP contribution in [0.4, 0.5) is 4.39 Å². The van der Waals surface area contributed by atoms with E-state index in [9.17, 15) is 15.0 Å². The molecule has 1 aliphatic carbocycles. The molecule has 0 radical (unpaired) electrons. The molecule has 2 N–H and O–H groups in total. The zero-order chi connectivity index (χ0) is 33.4. The van der Waals surface area contributed by atoms with Crippen LogP contribution in [-0.4, -0.2) is 78.0 Å². The van der Waals surface area contributed by atoms with Crippen LogP contribution in [0.1, 0.15) is 58.1 Å². The second-order valence-corrected chi connectivity index (χ2v) is 14.5. The van der Waals surface area contributed by atoms with E-state index in [1.54, 1.807) is 65.3 Å². The van der Waals surface area contributed by atoms with Gasteiger partial charge in [0.25, 0.3) is 5.91 Å². The number of hydrogen-bond acceptors (Lipinski definition) is 6. The Hall–Kier alpha value is -3.08. The van der Waals surface area contributed by atoms with E-state index in [2.05, 4.69) is 10.1 Å². The first-order valence-electron chi connectivity index (χ1n) is 15.1. The van der Waals surface area contributed by atoms with Crippen molar-refractivity contribution in [3.8, 4) is 0 Å². The number of nitrogens with zero attached hydrogens (tertiary/aromatic N) is 4. The van der Waals surface area contributed by atoms with Gasteiger partial charge in [0, 0.05) is 46.4 Å². The number of amides is 1. The fourth-order valence-corrected chi connectivity index (χ4v) is 7.43. The molecule has 234 valence electrons. The van der Waals surface area contributed by atoms with Crippen LogP contribution in [0, 0.1) is 11.2 Å². The van der Waals surface area contributed by atoms with Gasteiger partial charge in [-0.3, -0.25) is 19.4 Å². The summed E-state index contributed by atoms with van der Waals surface area (Å²) in [5, 5.41) is 25.8. The summed E-state index contributed by atoms with van der Waals surface area (Å²) in [7, 11) is 8.95. The maximum Gasteiger partial charge on any atom is 0.257 e. The Morgan fingerprint density at radius 3 is 2.20 bits per heavy atom. The van der Waals surface area contributed by atoms with Gasteiger partial charge in [0.2, 0.25) is 0 Å². The molecule has 1 saturated carbocycles. The molecular weight excluding hydrogens is 626 g/mol. The lowest BCUT2D eigenvalue weighted by atomic mass is 9.43. The number of fused-ring (bicyclic) bond motifs is 1. The fourth-order valence-electron chi connectivity index (χ4n) is 7.19. The minimum Gasteiger partial charge on any atom is -0.407 e. The molecule has 2 atom stereocenters. The first-order chi connectivity index (χ1) is 21.4. The van der Waals surface area contributed by atoms with Crippen LogP contribution in [-0.2, 0) is 29.7 Å². The highest BCUT2D eigenvalue weighted by Crippen LogP contribution is 2.61. The zero-order valence-electron chi connectivity index (χ0n) is 26.6. The third-order valence-electron chi connectivity index (χ3n) is 9.93. The number of hydrogen-bond donors (Lipinski definition) is 2. The fraction of sp³-hybridized carbons (Fsp3) is 0.323. The number of pyridine rings is 1. The Balaban J connectivity index is 1.62. The second kappa shape index (κ2) is 11.0. The second-order valence-electron chi connectivity index (χ2n) is 13.6. The van der Waals surface area contributed by atoms with Crippen LogP contribution in [0.2, 0.25) is 10.0 Å². The summed E-state index contributed by atoms with van der Waals surface area (Å²) in [6.45, 7) is 1.47. The monoisotopic (exact) mass is 658 g/mol. The van der Waals surface area contributed by atoms with E-state index in [0.717, 1.165) is 0 Å². The Morgan fingerprint density at radius 2 is 1.65 bits per heavy atom. The number of benzene rings is 2. The van der Waals surface area contributed by atoms with Gasteiger partial charge in [-0.1, -0.05) is 35.3 Å². The minimum atomic E-state index is -1.81. The van der Waals surface area contributed by atoms with Crippen LogP contribution in [0.3, 0.4) is 0 Å². The van der Waals surface area contributed by atoms with Crippen LogP contribution in [0.25, 0.3) is 0 Å². The number of ether oxygens (including phenoxy) is 1. The Morgan fingerprint density at radius 1 is 1.00 bits per heavy atom. The van der Waals surface area contributed by atoms with E-state index >= 15 is 4.39 Å². The number of aliphatic hydroxyl groups is 2. The molecule has 6 rings (SSSR count). The number of carbonyl (C=O) groups excluding carboxylic acids is 1. The summed E-state index contributed by atoms with van der Waals surface area (Å²) in [5.74, 6) is -1.26. The maximum absolute atomic E-state index is 17.0. The molecule has 0 spiro atoms. The summed E-state index contributed by atoms with van der Waals surface area (Å²) in [5.41, 5.74) is -2.56. The molecule has 2 aromatic heterocycles. The van der Waals surface area contributed by atoms with Crippen molar-refractivity contribution in [2.75, 3.05) is 0 Å². The zero-order valence-corrected chi connectivity index (χ0v) is 28.1. The average molecular weight is 659 g/mol. The lowest BCUT2D eigenvalue weighted by molar-refractivity contribution is -0.169. The van der Waals surface area contributed by atoms with Crippen LogP contribution >= 0.6 is 23.2 Å². The van der Waals surface area contributed by atoms with E-state index in [4.69, 9.17) is 27.9 Å². The van der Waals surface area contributed by atoms with Crippen LogP contribution in [0.15, 0.2) is 67.1 Å². The standard InChI is InChI=1S/C31H33B4Cl2FN4O4/c1-27(44,19-13-40-41(2)15-19)18-11-23-25(24(38)12-18)29(17-3-5-20(36)6-4-17,46-31(34,35)28(9-10-28)30(32,33)45)42(26(23)43)16-22-8-7-21(37)14-39-22/h3-8,11-15,44-45H,9-10,16,32-35H2,1-2H3/t27?,29-/m1/s1. The predicted molar refractivity (Wildman–Crippen MR) is 184 cm³/mol. The third-order valence-corrected chi connectivity index (χ3v) is 10.4. The molecule has 4 aromatic rings. The van der Waals surface area contributed by atoms with E-state index < -0.39 is 39.3 Å². The molecule has 0 saturated heterocycles. The Bertz CT molecular complexity index is 1830. The molecule has 1 aliphatic heterocycles. The van der Waals surface area contributed by atoms with Crippen molar-refractivity contribution in [1.82, 2.24) is 19.7 Å². The predicted octanol–water partition coefficient (Wildman–Crippen LogP) is 1.00. The summed E-state index contributed by atoms with van der Waals surface area (Å²) in [4.78, 5) is 20.6. The van der Waals surface area contributed by atoms with Gasteiger partial charge in [-0.15, -0.1) is 0 Å². The van der Waals surface area contributed by atoms with Gasteiger partial charge >= 0.3 is 0 Å². The SMILES string of the molecule is BC(B)(O)C1(C(B)(B)O[C@]2(c3ccc(Cl)cc3)c3c(F)cc(C(C)(O)c4cnn(C)c4)cc3C(=O)N2Cc2ccc(Cl)cn2)CC1. The van der Waals surface area contributed by atoms with Gasteiger partial charge in [-0.05, 0) is 67.1 Å². The number of aromatic nitrogens is 3. The van der Waals surface area contributed by atoms with Gasteiger partial charge in [0.1, 0.15) is 42.8 Å². The molecule has 2 aliphatic rings. The van der Waals surface area contributed by atoms with Gasteiger partial charge in [-0.2, -0.15) is 5.10 Å².